The quantitative estimate of drug-likeness (QED) is 0.0222. The van der Waals surface area contributed by atoms with Crippen LogP contribution in [0.5, 0.6) is 0 Å². The molecule has 0 spiro atoms. The number of rotatable bonds is 75. The number of unbranched alkanes of at least 4 members (excludes halogenated alkanes) is 42. The number of esters is 4. The van der Waals surface area contributed by atoms with E-state index in [1.165, 1.54) is 199 Å². The third-order valence-corrected chi connectivity index (χ3v) is 20.1. The molecule has 0 aliphatic carbocycles. The van der Waals surface area contributed by atoms with Crippen molar-refractivity contribution in [2.75, 3.05) is 39.6 Å². The maximum atomic E-state index is 13.1. The standard InChI is InChI=1S/C77H150O17P2/c1-8-10-11-12-13-14-15-16-17-18-22-25-28-31-36-44-51-58-74(79)87-64-72(93-76(81)60-53-46-37-32-29-26-23-20-19-21-24-27-30-34-41-48-55-68(3)4)66-91-95(83,84)89-62-71(78)63-90-96(85,86)92-67-73(94-77(82)61-54-47-38-33-35-42-49-56-69(5)6)65-88-75(80)59-52-45-40-39-43-50-57-70(7)9-2/h68-73,78H,8-67H2,1-7H3,(H,83,84)(H,85,86)/t70?,71-,72-,73-/m1/s1. The van der Waals surface area contributed by atoms with E-state index in [2.05, 4.69) is 48.5 Å². The van der Waals surface area contributed by atoms with Crippen LogP contribution in [0.15, 0.2) is 0 Å². The Labute approximate surface area is 588 Å². The summed E-state index contributed by atoms with van der Waals surface area (Å²) in [5.74, 6) is 0.116. The molecule has 0 saturated carbocycles. The van der Waals surface area contributed by atoms with E-state index in [1.54, 1.807) is 0 Å². The van der Waals surface area contributed by atoms with Crippen molar-refractivity contribution >= 4 is 39.5 Å². The maximum Gasteiger partial charge on any atom is 0.472 e. The van der Waals surface area contributed by atoms with Gasteiger partial charge in [-0.05, 0) is 43.4 Å². The zero-order valence-electron chi connectivity index (χ0n) is 62.8. The molecule has 0 rings (SSSR count). The number of phosphoric ester groups is 2. The van der Waals surface area contributed by atoms with Gasteiger partial charge in [0.1, 0.15) is 19.3 Å². The highest BCUT2D eigenvalue weighted by Crippen LogP contribution is 2.45. The van der Waals surface area contributed by atoms with Crippen LogP contribution in [0, 0.1) is 17.8 Å². The van der Waals surface area contributed by atoms with E-state index < -0.39 is 97.5 Å². The topological polar surface area (TPSA) is 237 Å². The van der Waals surface area contributed by atoms with Gasteiger partial charge < -0.3 is 33.8 Å². The van der Waals surface area contributed by atoms with Crippen molar-refractivity contribution in [1.29, 1.82) is 0 Å². The summed E-state index contributed by atoms with van der Waals surface area (Å²) in [6, 6.07) is 0. The van der Waals surface area contributed by atoms with Gasteiger partial charge in [-0.1, -0.05) is 344 Å². The lowest BCUT2D eigenvalue weighted by atomic mass is 10.00. The van der Waals surface area contributed by atoms with E-state index in [1.807, 2.05) is 0 Å². The van der Waals surface area contributed by atoms with Gasteiger partial charge in [0.05, 0.1) is 26.4 Å². The summed E-state index contributed by atoms with van der Waals surface area (Å²) in [6.45, 7) is 11.8. The molecule has 17 nitrogen and oxygen atoms in total. The average molecular weight is 1410 g/mol. The van der Waals surface area contributed by atoms with Crippen LogP contribution >= 0.6 is 15.6 Å². The number of hydrogen-bond donors (Lipinski definition) is 3. The molecule has 0 amide bonds. The molecule has 0 aliphatic rings. The van der Waals surface area contributed by atoms with Crippen LogP contribution in [0.1, 0.15) is 395 Å². The number of ether oxygens (including phenoxy) is 4. The molecule has 0 aromatic carbocycles. The van der Waals surface area contributed by atoms with Crippen LogP contribution in [0.25, 0.3) is 0 Å². The number of phosphoric acid groups is 2. The lowest BCUT2D eigenvalue weighted by molar-refractivity contribution is -0.161. The van der Waals surface area contributed by atoms with E-state index >= 15 is 0 Å². The van der Waals surface area contributed by atoms with Gasteiger partial charge in [-0.2, -0.15) is 0 Å². The smallest absolute Gasteiger partial charge is 0.462 e. The zero-order valence-corrected chi connectivity index (χ0v) is 64.6. The Morgan fingerprint density at radius 3 is 0.792 bits per heavy atom. The highest BCUT2D eigenvalue weighted by atomic mass is 31.2. The molecule has 0 fully saturated rings. The molecule has 0 aliphatic heterocycles. The largest absolute Gasteiger partial charge is 0.472 e. The van der Waals surface area contributed by atoms with Crippen LogP contribution in [-0.4, -0.2) is 96.7 Å². The third kappa shape index (κ3) is 69.2. The minimum Gasteiger partial charge on any atom is -0.462 e. The maximum absolute atomic E-state index is 13.1. The van der Waals surface area contributed by atoms with Gasteiger partial charge in [0.2, 0.25) is 0 Å². The molecule has 570 valence electrons. The van der Waals surface area contributed by atoms with Crippen LogP contribution < -0.4 is 0 Å². The fraction of sp³-hybridized carbons (Fsp3) is 0.948. The van der Waals surface area contributed by atoms with Gasteiger partial charge in [0.15, 0.2) is 12.2 Å². The normalized spacial score (nSPS) is 14.3. The zero-order chi connectivity index (χ0) is 70.9. The molecule has 0 bridgehead atoms. The van der Waals surface area contributed by atoms with Crippen LogP contribution in [0.2, 0.25) is 0 Å². The second-order valence-corrected chi connectivity index (χ2v) is 31.8. The molecule has 0 radical (unpaired) electrons. The SMILES string of the molecule is CCCCCCCCCCCCCCCCCCCC(=O)OC[C@H](COP(=O)(O)OC[C@@H](O)COP(=O)(O)OC[C@@H](COC(=O)CCCCCCCCC(C)CC)OC(=O)CCCCCCCCCC(C)C)OC(=O)CCCCCCCCCCCCCCCCCCC(C)C. The third-order valence-electron chi connectivity index (χ3n) is 18.2. The summed E-state index contributed by atoms with van der Waals surface area (Å²) in [6.07, 6.45) is 54.3. The molecule has 0 saturated heterocycles. The van der Waals surface area contributed by atoms with Crippen molar-refractivity contribution in [1.82, 2.24) is 0 Å². The molecule has 0 heterocycles. The predicted octanol–water partition coefficient (Wildman–Crippen LogP) is 22.6. The molecule has 3 unspecified atom stereocenters. The monoisotopic (exact) mass is 1410 g/mol. The van der Waals surface area contributed by atoms with Crippen molar-refractivity contribution in [2.24, 2.45) is 17.8 Å². The van der Waals surface area contributed by atoms with Crippen LogP contribution in [0.3, 0.4) is 0 Å². The molecular formula is C77H150O17P2. The Morgan fingerprint density at radius 2 is 0.531 bits per heavy atom. The van der Waals surface area contributed by atoms with Gasteiger partial charge in [0.25, 0.3) is 0 Å². The Kier molecular flexibility index (Phi) is 66.2. The van der Waals surface area contributed by atoms with Gasteiger partial charge in [-0.15, -0.1) is 0 Å². The number of carbonyl (C=O) groups excluding carboxylic acids is 4. The highest BCUT2D eigenvalue weighted by molar-refractivity contribution is 7.47. The molecule has 19 heteroatoms. The Hall–Kier alpha value is -1.94. The fourth-order valence-corrected chi connectivity index (χ4v) is 13.3. The number of hydrogen-bond acceptors (Lipinski definition) is 15. The van der Waals surface area contributed by atoms with E-state index in [0.717, 1.165) is 108 Å². The predicted molar refractivity (Wildman–Crippen MR) is 391 cm³/mol. The van der Waals surface area contributed by atoms with E-state index in [0.29, 0.717) is 31.6 Å². The second-order valence-electron chi connectivity index (χ2n) is 28.9. The second kappa shape index (κ2) is 67.5. The van der Waals surface area contributed by atoms with Crippen molar-refractivity contribution < 1.29 is 80.2 Å². The number of aliphatic hydroxyl groups excluding tert-OH is 1. The first-order valence-electron chi connectivity index (χ1n) is 39.9. The number of aliphatic hydroxyl groups is 1. The van der Waals surface area contributed by atoms with E-state index in [-0.39, 0.29) is 25.7 Å². The van der Waals surface area contributed by atoms with Crippen molar-refractivity contribution in [3.05, 3.63) is 0 Å². The first-order chi connectivity index (χ1) is 46.3. The van der Waals surface area contributed by atoms with Gasteiger partial charge in [-0.25, -0.2) is 9.13 Å². The van der Waals surface area contributed by atoms with Gasteiger partial charge >= 0.3 is 39.5 Å². The van der Waals surface area contributed by atoms with E-state index in [4.69, 9.17) is 37.0 Å². The van der Waals surface area contributed by atoms with E-state index in [9.17, 15) is 43.2 Å². The molecule has 0 aromatic heterocycles. The molecule has 6 atom stereocenters. The summed E-state index contributed by atoms with van der Waals surface area (Å²) >= 11 is 0. The van der Waals surface area contributed by atoms with Gasteiger partial charge in [-0.3, -0.25) is 37.3 Å². The average Bonchev–Trinajstić information content (AvgIpc) is 1.57. The van der Waals surface area contributed by atoms with Crippen molar-refractivity contribution in [2.45, 2.75) is 414 Å². The van der Waals surface area contributed by atoms with Crippen molar-refractivity contribution in [3.63, 3.8) is 0 Å². The summed E-state index contributed by atoms with van der Waals surface area (Å²) in [5.41, 5.74) is 0. The number of carbonyl (C=O) groups is 4. The highest BCUT2D eigenvalue weighted by Gasteiger charge is 2.30. The van der Waals surface area contributed by atoms with Crippen LogP contribution in [0.4, 0.5) is 0 Å². The summed E-state index contributed by atoms with van der Waals surface area (Å²) in [7, 11) is -9.91. The molecular weight excluding hydrogens is 1260 g/mol. The Morgan fingerprint density at radius 1 is 0.302 bits per heavy atom. The van der Waals surface area contributed by atoms with Gasteiger partial charge in [0, 0.05) is 25.7 Å². The summed E-state index contributed by atoms with van der Waals surface area (Å²) in [4.78, 5) is 72.8. The fourth-order valence-electron chi connectivity index (χ4n) is 11.7. The lowest BCUT2D eigenvalue weighted by Gasteiger charge is -2.21. The van der Waals surface area contributed by atoms with Crippen LogP contribution in [-0.2, 0) is 65.4 Å². The summed E-state index contributed by atoms with van der Waals surface area (Å²) < 4.78 is 68.5. The minimum absolute atomic E-state index is 0.103. The molecule has 0 aromatic rings. The molecule has 96 heavy (non-hydrogen) atoms. The summed E-state index contributed by atoms with van der Waals surface area (Å²) in [5, 5.41) is 10.6. The minimum atomic E-state index is -4.96. The Balaban J connectivity index is 5.22. The Bertz CT molecular complexity index is 1870. The van der Waals surface area contributed by atoms with Crippen molar-refractivity contribution in [3.8, 4) is 0 Å². The molecule has 3 N–H and O–H groups in total. The first-order valence-corrected chi connectivity index (χ1v) is 42.9. The lowest BCUT2D eigenvalue weighted by Crippen LogP contribution is -2.30. The first kappa shape index (κ1) is 94.1.